The molecular weight excluding hydrogens is 458 g/mol. The van der Waals surface area contributed by atoms with Crippen LogP contribution in [0.15, 0.2) is 128 Å². The molecule has 1 aliphatic rings. The Morgan fingerprint density at radius 3 is 2.65 bits per heavy atom. The number of benzene rings is 1. The van der Waals surface area contributed by atoms with E-state index >= 15 is 0 Å². The molecule has 5 nitrogen and oxygen atoms in total. The van der Waals surface area contributed by atoms with Crippen LogP contribution < -0.4 is 5.56 Å². The van der Waals surface area contributed by atoms with Crippen LogP contribution in [0.4, 0.5) is 0 Å². The van der Waals surface area contributed by atoms with Gasteiger partial charge in [0.25, 0.3) is 5.56 Å². The van der Waals surface area contributed by atoms with Crippen molar-refractivity contribution >= 4 is 39.0 Å². The summed E-state index contributed by atoms with van der Waals surface area (Å²) in [5.41, 5.74) is 5.15. The maximum Gasteiger partial charge on any atom is 0.255 e. The topological polar surface area (TPSA) is 55.2 Å². The van der Waals surface area contributed by atoms with E-state index in [1.165, 1.54) is 12.1 Å². The van der Waals surface area contributed by atoms with Crippen molar-refractivity contribution < 1.29 is 4.79 Å². The summed E-state index contributed by atoms with van der Waals surface area (Å²) in [4.78, 5) is 32.1. The van der Waals surface area contributed by atoms with Gasteiger partial charge in [-0.3, -0.25) is 19.1 Å². The quantitative estimate of drug-likeness (QED) is 0.232. The van der Waals surface area contributed by atoms with Crippen molar-refractivity contribution in [3.8, 4) is 0 Å². The van der Waals surface area contributed by atoms with E-state index in [4.69, 9.17) is 0 Å². The number of pyridine rings is 2. The summed E-state index contributed by atoms with van der Waals surface area (Å²) < 4.78 is 1.65. The highest BCUT2D eigenvalue weighted by atomic mass is 16.2. The lowest BCUT2D eigenvalue weighted by atomic mass is 10.0. The van der Waals surface area contributed by atoms with Gasteiger partial charge in [-0.25, -0.2) is 0 Å². The third kappa shape index (κ3) is 5.11. The average Bonchev–Trinajstić information content (AvgIpc) is 2.97. The molecule has 37 heavy (non-hydrogen) atoms. The lowest BCUT2D eigenvalue weighted by Crippen LogP contribution is -2.29. The average molecular weight is 488 g/mol. The zero-order valence-electron chi connectivity index (χ0n) is 21.0. The number of rotatable bonds is 5. The lowest BCUT2D eigenvalue weighted by molar-refractivity contribution is -0.123. The molecule has 0 bridgehead atoms. The van der Waals surface area contributed by atoms with Crippen molar-refractivity contribution in [2.75, 3.05) is 6.54 Å². The van der Waals surface area contributed by atoms with Crippen LogP contribution in [0.3, 0.4) is 0 Å². The fraction of sp³-hybridized carbons (Fsp3) is 0.0938. The third-order valence-corrected chi connectivity index (χ3v) is 6.28. The molecule has 3 aromatic rings. The first-order valence-electron chi connectivity index (χ1n) is 12.0. The summed E-state index contributed by atoms with van der Waals surface area (Å²) in [7, 11) is 0. The van der Waals surface area contributed by atoms with Gasteiger partial charge in [-0.2, -0.15) is 0 Å². The Bertz CT molecular complexity index is 1640. The van der Waals surface area contributed by atoms with Crippen LogP contribution in [0, 0.1) is 0 Å². The SMILES string of the molecule is C=C/C=C\C(=C/C)c1ccc2ncc3ccc(=O)n(C4=CC(=C)N(C(=O)C=C)CCC(=C)C=C4)c3c2c1. The molecule has 1 aliphatic heterocycles. The van der Waals surface area contributed by atoms with Crippen LogP contribution in [-0.4, -0.2) is 26.9 Å². The summed E-state index contributed by atoms with van der Waals surface area (Å²) in [6.07, 6.45) is 16.7. The van der Waals surface area contributed by atoms with Gasteiger partial charge >= 0.3 is 0 Å². The first-order valence-corrected chi connectivity index (χ1v) is 12.0. The number of hydrogen-bond donors (Lipinski definition) is 0. The summed E-state index contributed by atoms with van der Waals surface area (Å²) in [6.45, 7) is 18.0. The minimum Gasteiger partial charge on any atom is -0.309 e. The molecule has 0 saturated heterocycles. The second-order valence-corrected chi connectivity index (χ2v) is 8.64. The molecule has 0 saturated carbocycles. The van der Waals surface area contributed by atoms with Crippen LogP contribution >= 0.6 is 0 Å². The fourth-order valence-corrected chi connectivity index (χ4v) is 4.36. The highest BCUT2D eigenvalue weighted by Gasteiger charge is 2.17. The molecule has 184 valence electrons. The molecule has 0 N–H and O–H groups in total. The van der Waals surface area contributed by atoms with Gasteiger partial charge in [-0.1, -0.05) is 68.3 Å². The maximum atomic E-state index is 13.4. The Hall–Kier alpha value is -4.77. The summed E-state index contributed by atoms with van der Waals surface area (Å²) in [5, 5.41) is 1.64. The number of amides is 1. The molecule has 2 aromatic heterocycles. The normalized spacial score (nSPS) is 15.0. The van der Waals surface area contributed by atoms with Gasteiger partial charge in [-0.15, -0.1) is 0 Å². The van der Waals surface area contributed by atoms with E-state index in [2.05, 4.69) is 31.3 Å². The van der Waals surface area contributed by atoms with Crippen LogP contribution in [0.5, 0.6) is 0 Å². The first kappa shape index (κ1) is 25.3. The molecule has 0 radical (unpaired) electrons. The first-order chi connectivity index (χ1) is 17.9. The molecule has 4 rings (SSSR count). The standard InChI is InChI=1S/C32H29N3O2/c1-6-9-10-24(7-2)25-12-15-29-28(20-25)32-26(21-33-29)13-16-31(37)35(32)27-14-11-22(4)17-18-34(23(5)19-27)30(36)8-3/h6-16,19-21H,1,3-5,17-18H2,2H3/b10-9-,14-11?,24-7+,27-19?. The number of carbonyl (C=O) groups excluding carboxylic acids is 1. The van der Waals surface area contributed by atoms with E-state index in [0.29, 0.717) is 24.4 Å². The Kier molecular flexibility index (Phi) is 7.44. The van der Waals surface area contributed by atoms with E-state index in [9.17, 15) is 9.59 Å². The van der Waals surface area contributed by atoms with E-state index in [1.54, 1.807) is 33.9 Å². The van der Waals surface area contributed by atoms with Crippen molar-refractivity contribution in [3.05, 3.63) is 139 Å². The van der Waals surface area contributed by atoms with Crippen LogP contribution in [-0.2, 0) is 4.79 Å². The highest BCUT2D eigenvalue weighted by molar-refractivity contribution is 6.06. The molecule has 3 heterocycles. The predicted octanol–water partition coefficient (Wildman–Crippen LogP) is 6.58. The minimum atomic E-state index is -0.258. The molecule has 0 spiro atoms. The van der Waals surface area contributed by atoms with E-state index in [1.807, 2.05) is 55.5 Å². The Morgan fingerprint density at radius 1 is 1.11 bits per heavy atom. The number of aromatic nitrogens is 2. The molecular formula is C32H29N3O2. The van der Waals surface area contributed by atoms with Crippen molar-refractivity contribution in [1.29, 1.82) is 0 Å². The molecule has 0 atom stereocenters. The Labute approximate surface area is 216 Å². The molecule has 1 aromatic carbocycles. The van der Waals surface area contributed by atoms with Crippen LogP contribution in [0.25, 0.3) is 33.1 Å². The number of hydrogen-bond acceptors (Lipinski definition) is 3. The maximum absolute atomic E-state index is 13.4. The fourth-order valence-electron chi connectivity index (χ4n) is 4.36. The van der Waals surface area contributed by atoms with Gasteiger partial charge in [0.05, 0.1) is 16.7 Å². The summed E-state index contributed by atoms with van der Waals surface area (Å²) in [5.74, 6) is -0.258. The molecule has 1 amide bonds. The zero-order valence-corrected chi connectivity index (χ0v) is 21.0. The number of allylic oxidation sites excluding steroid dienone is 9. The monoisotopic (exact) mass is 487 g/mol. The van der Waals surface area contributed by atoms with Crippen molar-refractivity contribution in [1.82, 2.24) is 14.5 Å². The van der Waals surface area contributed by atoms with Gasteiger partial charge in [0, 0.05) is 35.3 Å². The third-order valence-electron chi connectivity index (χ3n) is 6.28. The van der Waals surface area contributed by atoms with Gasteiger partial charge in [-0.05, 0) is 60.9 Å². The van der Waals surface area contributed by atoms with E-state index < -0.39 is 0 Å². The van der Waals surface area contributed by atoms with E-state index in [0.717, 1.165) is 38.5 Å². The molecule has 0 aliphatic carbocycles. The zero-order chi connectivity index (χ0) is 26.5. The number of fused-ring (bicyclic) bond motifs is 3. The molecule has 5 heteroatoms. The number of nitrogens with zero attached hydrogens (tertiary/aromatic N) is 3. The minimum absolute atomic E-state index is 0.210. The van der Waals surface area contributed by atoms with Crippen LogP contribution in [0.1, 0.15) is 18.9 Å². The number of carbonyl (C=O) groups is 1. The largest absolute Gasteiger partial charge is 0.309 e. The predicted molar refractivity (Wildman–Crippen MR) is 155 cm³/mol. The van der Waals surface area contributed by atoms with E-state index in [-0.39, 0.29) is 11.5 Å². The van der Waals surface area contributed by atoms with Crippen molar-refractivity contribution in [2.45, 2.75) is 13.3 Å². The Balaban J connectivity index is 2.04. The second kappa shape index (κ2) is 10.9. The molecule has 0 unspecified atom stereocenters. The van der Waals surface area contributed by atoms with Crippen molar-refractivity contribution in [3.63, 3.8) is 0 Å². The summed E-state index contributed by atoms with van der Waals surface area (Å²) in [6, 6.07) is 9.32. The lowest BCUT2D eigenvalue weighted by Gasteiger charge is -2.22. The van der Waals surface area contributed by atoms with Gasteiger partial charge in [0.1, 0.15) is 0 Å². The van der Waals surface area contributed by atoms with Crippen molar-refractivity contribution in [2.24, 2.45) is 0 Å². The van der Waals surface area contributed by atoms with Gasteiger partial charge < -0.3 is 4.90 Å². The molecule has 0 fully saturated rings. The Morgan fingerprint density at radius 2 is 1.92 bits per heavy atom. The van der Waals surface area contributed by atoms with Gasteiger partial charge in [0.15, 0.2) is 0 Å². The highest BCUT2D eigenvalue weighted by Crippen LogP contribution is 2.29. The summed E-state index contributed by atoms with van der Waals surface area (Å²) >= 11 is 0. The second-order valence-electron chi connectivity index (χ2n) is 8.64. The van der Waals surface area contributed by atoms with Gasteiger partial charge in [0.2, 0.25) is 5.91 Å². The van der Waals surface area contributed by atoms with Crippen LogP contribution in [0.2, 0.25) is 0 Å². The smallest absolute Gasteiger partial charge is 0.255 e.